The number of hydrogen-bond donors (Lipinski definition) is 6. The maximum Gasteiger partial charge on any atom is 0.413 e. The third-order valence-electron chi connectivity index (χ3n) is 7.41. The van der Waals surface area contributed by atoms with Gasteiger partial charge in [-0.25, -0.2) is 9.37 Å². The van der Waals surface area contributed by atoms with Crippen LogP contribution in [0.25, 0.3) is 0 Å². The van der Waals surface area contributed by atoms with Crippen LogP contribution in [0.3, 0.4) is 0 Å². The zero-order valence-electron chi connectivity index (χ0n) is 19.1. The van der Waals surface area contributed by atoms with Crippen molar-refractivity contribution in [1.82, 2.24) is 10.6 Å². The van der Waals surface area contributed by atoms with Gasteiger partial charge in [-0.1, -0.05) is 6.92 Å². The van der Waals surface area contributed by atoms with Crippen LogP contribution >= 0.6 is 0 Å². The number of allylic oxidation sites excluding steroid dienone is 2. The van der Waals surface area contributed by atoms with Crippen LogP contribution in [0.15, 0.2) is 22.8 Å². The molecule has 0 aromatic heterocycles. The first-order valence-corrected chi connectivity index (χ1v) is 11.0. The fourth-order valence-corrected chi connectivity index (χ4v) is 5.85. The summed E-state index contributed by atoms with van der Waals surface area (Å²) in [5.41, 5.74) is 6.59. The van der Waals surface area contributed by atoms with Crippen molar-refractivity contribution in [2.24, 2.45) is 17.4 Å². The topological polar surface area (TPSA) is 149 Å². The minimum atomic E-state index is -5.05. The van der Waals surface area contributed by atoms with Gasteiger partial charge in [-0.3, -0.25) is 22.1 Å². The molecule has 6 atom stereocenters. The Kier molecular flexibility index (Phi) is 5.88. The van der Waals surface area contributed by atoms with Crippen LogP contribution in [0.1, 0.15) is 26.7 Å². The van der Waals surface area contributed by atoms with E-state index < -0.39 is 90.3 Å². The summed E-state index contributed by atoms with van der Waals surface area (Å²) in [6.45, 7) is 2.59. The van der Waals surface area contributed by atoms with Crippen LogP contribution in [0, 0.1) is 5.92 Å². The monoisotopic (exact) mass is 528 g/mol. The molecule has 36 heavy (non-hydrogen) atoms. The van der Waals surface area contributed by atoms with Crippen LogP contribution in [0.5, 0.6) is 0 Å². The van der Waals surface area contributed by atoms with Crippen molar-refractivity contribution < 1.29 is 55.5 Å². The molecule has 3 heterocycles. The second-order valence-electron chi connectivity index (χ2n) is 9.25. The average molecular weight is 528 g/mol. The first-order chi connectivity index (χ1) is 16.6. The molecule has 0 aromatic rings. The number of aliphatic hydroxyl groups excluding tert-OH is 1. The van der Waals surface area contributed by atoms with E-state index >= 15 is 0 Å². The number of guanidine groups is 2. The molecule has 0 aromatic carbocycles. The number of halogens is 6. The fourth-order valence-electron chi connectivity index (χ4n) is 5.85. The summed E-state index contributed by atoms with van der Waals surface area (Å²) in [4.78, 5) is 13.0. The molecule has 1 saturated heterocycles. The number of aliphatic hydroxyl groups is 1. The van der Waals surface area contributed by atoms with Gasteiger partial charge in [0, 0.05) is 11.1 Å². The number of nitrogens with two attached hydrogens (primary N) is 2. The van der Waals surface area contributed by atoms with Gasteiger partial charge in [0.2, 0.25) is 0 Å². The van der Waals surface area contributed by atoms with Crippen molar-refractivity contribution in [3.8, 4) is 0 Å². The van der Waals surface area contributed by atoms with Crippen LogP contribution in [0.2, 0.25) is 0 Å². The number of rotatable bonds is 3. The lowest BCUT2D eigenvalue weighted by Gasteiger charge is -2.38. The first-order valence-electron chi connectivity index (χ1n) is 11.0. The molecular formula is C20H26F6N6O4+2. The highest BCUT2D eigenvalue weighted by atomic mass is 19.4. The highest BCUT2D eigenvalue weighted by molar-refractivity contribution is 5.93. The average Bonchev–Trinajstić information content (AvgIpc) is 3.17. The van der Waals surface area contributed by atoms with Crippen LogP contribution in [-0.4, -0.2) is 86.4 Å². The molecule has 4 rings (SSSR count). The highest BCUT2D eigenvalue weighted by Gasteiger charge is 2.75. The minimum absolute atomic E-state index is 0.0362. The van der Waals surface area contributed by atoms with Gasteiger partial charge in [0.1, 0.15) is 18.2 Å². The molecule has 10 nitrogen and oxygen atoms in total. The highest BCUT2D eigenvalue weighted by Crippen LogP contribution is 2.46. The van der Waals surface area contributed by atoms with E-state index in [2.05, 4.69) is 10.6 Å². The Morgan fingerprint density at radius 2 is 1.78 bits per heavy atom. The van der Waals surface area contributed by atoms with E-state index in [1.54, 1.807) is 0 Å². The summed E-state index contributed by atoms with van der Waals surface area (Å²) in [5, 5.41) is 26.4. The molecular weight excluding hydrogens is 502 g/mol. The summed E-state index contributed by atoms with van der Waals surface area (Å²) in [5.74, 6) is -2.74. The van der Waals surface area contributed by atoms with Gasteiger partial charge in [-0.15, -0.1) is 0 Å². The first kappa shape index (κ1) is 25.9. The SMILES string of the molecule is CC1[C@@H](OC(=O)C2=C(C(F)(F)F)CCC(C(F)(F)F)=C2)[C@H](C)[N+]2=C(N)NC(CO)C3NC(N)=[N+](O)C312. The maximum absolute atomic E-state index is 13.6. The van der Waals surface area contributed by atoms with E-state index in [1.807, 2.05) is 0 Å². The summed E-state index contributed by atoms with van der Waals surface area (Å²) < 4.78 is 88.0. The molecule has 16 heteroatoms. The molecule has 200 valence electrons. The van der Waals surface area contributed by atoms with Crippen LogP contribution < -0.4 is 22.1 Å². The minimum Gasteiger partial charge on any atom is -0.454 e. The van der Waals surface area contributed by atoms with Crippen molar-refractivity contribution in [2.75, 3.05) is 6.61 Å². The van der Waals surface area contributed by atoms with E-state index in [0.29, 0.717) is 4.74 Å². The standard InChI is InChI=1S/C20H24F6N6O4/c1-7-13(36-15(34)10-5-9(19(21,22)23)3-4-11(10)20(24,25)26)8(2)31-16(27)29-12(6-33)14-18(7,31)32(35)17(28)30-14/h5,7-8,12-14,33,35H,3-4,6H2,1-2H3,(H4,27,28,29,30)/p+2/t7?,8-,12?,13+,14?,18?/m0/s1. The molecule has 0 radical (unpaired) electrons. The summed E-state index contributed by atoms with van der Waals surface area (Å²) in [6, 6.07) is -2.46. The molecule has 1 fully saturated rings. The van der Waals surface area contributed by atoms with Gasteiger partial charge in [0.25, 0.3) is 5.66 Å². The van der Waals surface area contributed by atoms with Crippen molar-refractivity contribution in [3.05, 3.63) is 22.8 Å². The van der Waals surface area contributed by atoms with Gasteiger partial charge >= 0.3 is 30.2 Å². The van der Waals surface area contributed by atoms with Crippen LogP contribution in [-0.2, 0) is 9.53 Å². The molecule has 8 N–H and O–H groups in total. The Morgan fingerprint density at radius 1 is 1.14 bits per heavy atom. The molecule has 4 unspecified atom stereocenters. The van der Waals surface area contributed by atoms with E-state index in [9.17, 15) is 41.5 Å². The van der Waals surface area contributed by atoms with Gasteiger partial charge in [-0.2, -0.15) is 26.3 Å². The Morgan fingerprint density at radius 3 is 2.33 bits per heavy atom. The lowest BCUT2D eigenvalue weighted by Crippen LogP contribution is -2.74. The van der Waals surface area contributed by atoms with Crippen molar-refractivity contribution in [1.29, 1.82) is 0 Å². The fraction of sp³-hybridized carbons (Fsp3) is 0.650. The molecule has 0 saturated carbocycles. The second kappa shape index (κ2) is 8.18. The Hall–Kier alpha value is -3.17. The number of nitrogens with one attached hydrogen (secondary N) is 2. The Balaban J connectivity index is 1.76. The number of nitrogens with zero attached hydrogens (tertiary/aromatic N) is 2. The lowest BCUT2D eigenvalue weighted by molar-refractivity contribution is -0.944. The molecule has 0 amide bonds. The summed E-state index contributed by atoms with van der Waals surface area (Å²) in [6.07, 6.45) is -13.0. The van der Waals surface area contributed by atoms with Crippen molar-refractivity contribution >= 4 is 17.9 Å². The predicted octanol–water partition coefficient (Wildman–Crippen LogP) is -0.246. The zero-order chi connectivity index (χ0) is 27.0. The number of esters is 1. The molecule has 0 bridgehead atoms. The van der Waals surface area contributed by atoms with Gasteiger partial charge in [0.15, 0.2) is 6.04 Å². The lowest BCUT2D eigenvalue weighted by atomic mass is 9.83. The van der Waals surface area contributed by atoms with Crippen molar-refractivity contribution in [3.63, 3.8) is 0 Å². The van der Waals surface area contributed by atoms with Gasteiger partial charge in [0.05, 0.1) is 18.1 Å². The van der Waals surface area contributed by atoms with E-state index in [-0.39, 0.29) is 18.0 Å². The van der Waals surface area contributed by atoms with Crippen LogP contribution in [0.4, 0.5) is 26.3 Å². The molecule has 1 spiro atoms. The number of alkyl halides is 6. The Bertz CT molecular complexity index is 1110. The number of hydrogen-bond acceptors (Lipinski definition) is 8. The largest absolute Gasteiger partial charge is 0.454 e. The molecule has 3 aliphatic heterocycles. The molecule has 4 aliphatic rings. The normalized spacial score (nSPS) is 34.7. The third kappa shape index (κ3) is 3.56. The number of carbonyl (C=O) groups is 1. The zero-order valence-corrected chi connectivity index (χ0v) is 19.1. The second-order valence-corrected chi connectivity index (χ2v) is 9.25. The van der Waals surface area contributed by atoms with Gasteiger partial charge < -0.3 is 15.1 Å². The molecule has 1 aliphatic carbocycles. The number of ether oxygens (including phenoxy) is 1. The van der Waals surface area contributed by atoms with E-state index in [1.165, 1.54) is 18.4 Å². The number of hydroxylamine groups is 1. The predicted molar refractivity (Wildman–Crippen MR) is 109 cm³/mol. The summed E-state index contributed by atoms with van der Waals surface area (Å²) >= 11 is 0. The van der Waals surface area contributed by atoms with Gasteiger partial charge in [-0.05, 0) is 30.6 Å². The maximum atomic E-state index is 13.6. The third-order valence-corrected chi connectivity index (χ3v) is 7.41. The van der Waals surface area contributed by atoms with E-state index in [0.717, 1.165) is 0 Å². The quantitative estimate of drug-likeness (QED) is 0.127. The Labute approximate surface area is 200 Å². The summed E-state index contributed by atoms with van der Waals surface area (Å²) in [7, 11) is 0. The smallest absolute Gasteiger partial charge is 0.413 e. The van der Waals surface area contributed by atoms with Crippen molar-refractivity contribution in [2.45, 2.75) is 68.9 Å². The number of carbonyl (C=O) groups excluding carboxylic acids is 1. The van der Waals surface area contributed by atoms with E-state index in [4.69, 9.17) is 16.2 Å².